The molecule has 0 bridgehead atoms. The summed E-state index contributed by atoms with van der Waals surface area (Å²) in [7, 11) is 1.25. The lowest BCUT2D eigenvalue weighted by molar-refractivity contribution is -0.313. The van der Waals surface area contributed by atoms with E-state index in [0.717, 1.165) is 23.9 Å². The van der Waals surface area contributed by atoms with Crippen molar-refractivity contribution in [1.29, 1.82) is 0 Å². The molecule has 11 nitrogen and oxygen atoms in total. The van der Waals surface area contributed by atoms with E-state index in [0.29, 0.717) is 0 Å². The van der Waals surface area contributed by atoms with Gasteiger partial charge in [-0.25, -0.2) is 4.79 Å². The molecule has 0 radical (unpaired) electrons. The number of aliphatic carboxylic acids is 1. The average molecular weight is 475 g/mol. The van der Waals surface area contributed by atoms with Crippen molar-refractivity contribution in [3.05, 3.63) is 12.2 Å². The van der Waals surface area contributed by atoms with E-state index in [2.05, 4.69) is 15.4 Å². The van der Waals surface area contributed by atoms with Crippen LogP contribution in [0.4, 0.5) is 0 Å². The summed E-state index contributed by atoms with van der Waals surface area (Å²) in [5.41, 5.74) is -0.652. The number of amides is 2. The van der Waals surface area contributed by atoms with Gasteiger partial charge in [-0.05, 0) is 13.0 Å². The number of nitrogens with one attached hydrogen (secondary N) is 2. The standard InChI is InChI=1S/C20H30N2O9S/c1-19(2)12-30-20(3,11-15(26)29-4)31-17(19)18(28)22-8-7-13(23)21-9-10-32-16(27)6-5-14(24)25/h5-6,17H,7-12H2,1-4H3,(H,21,23)(H,22,28)(H,24,25)/b6-5+/t17-,20?/m0/s1. The molecule has 1 unspecified atom stereocenters. The van der Waals surface area contributed by atoms with E-state index in [9.17, 15) is 24.0 Å². The first kappa shape index (κ1) is 27.6. The molecule has 2 amide bonds. The fraction of sp³-hybridized carbons (Fsp3) is 0.650. The number of carboxylic acid groups (broad SMARTS) is 1. The van der Waals surface area contributed by atoms with Gasteiger partial charge in [-0.1, -0.05) is 25.6 Å². The number of carboxylic acids is 1. The van der Waals surface area contributed by atoms with Crippen molar-refractivity contribution < 1.29 is 43.3 Å². The van der Waals surface area contributed by atoms with Crippen molar-refractivity contribution in [1.82, 2.24) is 10.6 Å². The van der Waals surface area contributed by atoms with Crippen molar-refractivity contribution in [3.63, 3.8) is 0 Å². The molecule has 0 aromatic rings. The maximum absolute atomic E-state index is 12.7. The van der Waals surface area contributed by atoms with Gasteiger partial charge in [-0.2, -0.15) is 0 Å². The lowest BCUT2D eigenvalue weighted by atomic mass is 9.85. The highest BCUT2D eigenvalue weighted by Crippen LogP contribution is 2.36. The first-order chi connectivity index (χ1) is 14.9. The van der Waals surface area contributed by atoms with Gasteiger partial charge in [-0.15, -0.1) is 0 Å². The van der Waals surface area contributed by atoms with Crippen molar-refractivity contribution in [2.45, 2.75) is 45.5 Å². The summed E-state index contributed by atoms with van der Waals surface area (Å²) in [6.07, 6.45) is 0.652. The predicted molar refractivity (Wildman–Crippen MR) is 115 cm³/mol. The Morgan fingerprint density at radius 2 is 1.81 bits per heavy atom. The molecule has 0 saturated carbocycles. The molecule has 0 aliphatic carbocycles. The van der Waals surface area contributed by atoms with Gasteiger partial charge in [0.15, 0.2) is 5.79 Å². The maximum atomic E-state index is 12.7. The zero-order valence-corrected chi connectivity index (χ0v) is 19.4. The van der Waals surface area contributed by atoms with Gasteiger partial charge in [0, 0.05) is 36.8 Å². The van der Waals surface area contributed by atoms with Crippen LogP contribution in [0, 0.1) is 5.41 Å². The Morgan fingerprint density at radius 3 is 2.44 bits per heavy atom. The average Bonchev–Trinajstić information content (AvgIpc) is 2.71. The largest absolute Gasteiger partial charge is 0.478 e. The molecule has 1 rings (SSSR count). The van der Waals surface area contributed by atoms with Crippen LogP contribution in [-0.2, 0) is 38.2 Å². The second-order valence-electron chi connectivity index (χ2n) is 7.89. The highest BCUT2D eigenvalue weighted by molar-refractivity contribution is 8.14. The molecule has 3 N–H and O–H groups in total. The van der Waals surface area contributed by atoms with E-state index in [1.54, 1.807) is 20.8 Å². The Kier molecular flexibility index (Phi) is 10.8. The Labute approximate surface area is 190 Å². The number of methoxy groups -OCH3 is 1. The number of hydrogen-bond acceptors (Lipinski definition) is 9. The number of ether oxygens (including phenoxy) is 3. The molecule has 1 fully saturated rings. The van der Waals surface area contributed by atoms with Crippen molar-refractivity contribution in [2.75, 3.05) is 32.6 Å². The van der Waals surface area contributed by atoms with E-state index in [1.807, 2.05) is 0 Å². The molecule has 0 spiro atoms. The van der Waals surface area contributed by atoms with Crippen LogP contribution in [0.5, 0.6) is 0 Å². The Balaban J connectivity index is 2.40. The maximum Gasteiger partial charge on any atom is 0.328 e. The highest BCUT2D eigenvalue weighted by atomic mass is 32.2. The fourth-order valence-electron chi connectivity index (χ4n) is 2.70. The third-order valence-electron chi connectivity index (χ3n) is 4.44. The van der Waals surface area contributed by atoms with Gasteiger partial charge < -0.3 is 30.0 Å². The Morgan fingerprint density at radius 1 is 1.12 bits per heavy atom. The number of rotatable bonds is 11. The van der Waals surface area contributed by atoms with Gasteiger partial charge >= 0.3 is 11.9 Å². The smallest absolute Gasteiger partial charge is 0.328 e. The highest BCUT2D eigenvalue weighted by Gasteiger charge is 2.48. The van der Waals surface area contributed by atoms with Crippen LogP contribution in [0.3, 0.4) is 0 Å². The van der Waals surface area contributed by atoms with Crippen molar-refractivity contribution in [3.8, 4) is 0 Å². The summed E-state index contributed by atoms with van der Waals surface area (Å²) in [6, 6.07) is 0. The van der Waals surface area contributed by atoms with Crippen molar-refractivity contribution in [2.24, 2.45) is 5.41 Å². The minimum atomic E-state index is -1.29. The molecular weight excluding hydrogens is 444 g/mol. The summed E-state index contributed by atoms with van der Waals surface area (Å²) >= 11 is 0.878. The minimum absolute atomic E-state index is 0.0202. The first-order valence-corrected chi connectivity index (χ1v) is 10.9. The predicted octanol–water partition coefficient (Wildman–Crippen LogP) is 0.230. The first-order valence-electron chi connectivity index (χ1n) is 9.89. The molecule has 12 heteroatoms. The van der Waals surface area contributed by atoms with Crippen LogP contribution in [0.1, 0.15) is 33.6 Å². The van der Waals surface area contributed by atoms with E-state index in [4.69, 9.17) is 14.6 Å². The monoisotopic (exact) mass is 474 g/mol. The van der Waals surface area contributed by atoms with E-state index >= 15 is 0 Å². The number of carbonyl (C=O) groups excluding carboxylic acids is 4. The van der Waals surface area contributed by atoms with Crippen molar-refractivity contribution >= 4 is 40.6 Å². The summed E-state index contributed by atoms with van der Waals surface area (Å²) < 4.78 is 16.1. The number of thioether (sulfide) groups is 1. The Hall–Kier alpha value is -2.44. The second kappa shape index (κ2) is 12.6. The summed E-state index contributed by atoms with van der Waals surface area (Å²) in [5.74, 6) is -3.49. The molecule has 32 heavy (non-hydrogen) atoms. The minimum Gasteiger partial charge on any atom is -0.478 e. The van der Waals surface area contributed by atoms with E-state index < -0.39 is 40.3 Å². The van der Waals surface area contributed by atoms with Crippen LogP contribution in [0.15, 0.2) is 12.2 Å². The summed E-state index contributed by atoms with van der Waals surface area (Å²) in [4.78, 5) is 57.8. The zero-order chi connectivity index (χ0) is 24.4. The number of carbonyl (C=O) groups is 5. The summed E-state index contributed by atoms with van der Waals surface area (Å²) in [6.45, 7) is 5.64. The van der Waals surface area contributed by atoms with Gasteiger partial charge in [0.1, 0.15) is 6.10 Å². The van der Waals surface area contributed by atoms with Gasteiger partial charge in [-0.3, -0.25) is 19.2 Å². The van der Waals surface area contributed by atoms with Gasteiger partial charge in [0.05, 0.1) is 20.1 Å². The lowest BCUT2D eigenvalue weighted by Crippen LogP contribution is -2.58. The Bertz CT molecular complexity index is 753. The molecule has 2 atom stereocenters. The normalized spacial score (nSPS) is 22.2. The van der Waals surface area contributed by atoms with E-state index in [-0.39, 0.29) is 44.2 Å². The number of esters is 1. The SMILES string of the molecule is COC(=O)CC1(C)OCC(C)(C)[C@H](C(=O)NCCC(=O)NCCSC(=O)/C=C/C(=O)O)O1. The molecule has 1 saturated heterocycles. The topological polar surface area (TPSA) is 157 Å². The van der Waals surface area contributed by atoms with Gasteiger partial charge in [0.2, 0.25) is 16.9 Å². The molecule has 0 aromatic heterocycles. The molecular formula is C20H30N2O9S. The van der Waals surface area contributed by atoms with Crippen LogP contribution < -0.4 is 10.6 Å². The molecule has 0 aromatic carbocycles. The van der Waals surface area contributed by atoms with Gasteiger partial charge in [0.25, 0.3) is 0 Å². The lowest BCUT2D eigenvalue weighted by Gasteiger charge is -2.45. The second-order valence-corrected chi connectivity index (χ2v) is 8.99. The molecule has 1 heterocycles. The quantitative estimate of drug-likeness (QED) is 0.215. The zero-order valence-electron chi connectivity index (χ0n) is 18.6. The van der Waals surface area contributed by atoms with Crippen LogP contribution in [0.25, 0.3) is 0 Å². The van der Waals surface area contributed by atoms with Crippen LogP contribution in [-0.4, -0.2) is 78.4 Å². The third-order valence-corrected chi connectivity index (χ3v) is 5.27. The van der Waals surface area contributed by atoms with E-state index in [1.165, 1.54) is 7.11 Å². The third kappa shape index (κ3) is 9.79. The molecule has 180 valence electrons. The van der Waals surface area contributed by atoms with Crippen LogP contribution >= 0.6 is 11.8 Å². The summed E-state index contributed by atoms with van der Waals surface area (Å²) in [5, 5.41) is 13.3. The fourth-order valence-corrected chi connectivity index (χ4v) is 3.27. The molecule has 1 aliphatic rings. The molecule has 1 aliphatic heterocycles. The number of hydrogen-bond donors (Lipinski definition) is 3. The van der Waals surface area contributed by atoms with Crippen LogP contribution in [0.2, 0.25) is 0 Å².